The van der Waals surface area contributed by atoms with E-state index in [1.54, 1.807) is 12.4 Å². The number of aromatic nitrogens is 4. The molecule has 1 unspecified atom stereocenters. The van der Waals surface area contributed by atoms with E-state index in [2.05, 4.69) is 10.1 Å². The third kappa shape index (κ3) is 3.96. The Balaban J connectivity index is 1.44. The molecular formula is C26H28N8O3S. The normalized spacial score (nSPS) is 21.1. The highest BCUT2D eigenvalue weighted by Gasteiger charge is 2.44. The SMILES string of the molecule is CS(=O)(=O)c1c([C@H]2CC3CC[C@@H](C2)N3C(=N)NO)nc2c(-c3ccc(-c4ccccc4)nc3)cnn2c1N. The lowest BCUT2D eigenvalue weighted by molar-refractivity contribution is 0.159. The molecule has 1 aromatic carbocycles. The van der Waals surface area contributed by atoms with Gasteiger partial charge in [0.05, 0.1) is 17.6 Å². The molecule has 0 spiro atoms. The average molecular weight is 533 g/mol. The van der Waals surface area contributed by atoms with Crippen molar-refractivity contribution in [2.45, 2.75) is 48.6 Å². The summed E-state index contributed by atoms with van der Waals surface area (Å²) < 4.78 is 27.3. The molecule has 38 heavy (non-hydrogen) atoms. The van der Waals surface area contributed by atoms with Gasteiger partial charge in [-0.2, -0.15) is 9.61 Å². The number of piperidine rings is 1. The first-order valence-electron chi connectivity index (χ1n) is 12.4. The maximum Gasteiger partial charge on any atom is 0.215 e. The van der Waals surface area contributed by atoms with E-state index in [-0.39, 0.29) is 34.7 Å². The number of sulfone groups is 1. The van der Waals surface area contributed by atoms with Gasteiger partial charge in [0, 0.05) is 47.1 Å². The van der Waals surface area contributed by atoms with Crippen LogP contribution in [-0.4, -0.2) is 62.4 Å². The fraction of sp³-hybridized carbons (Fsp3) is 0.308. The topological polar surface area (TPSA) is 163 Å². The summed E-state index contributed by atoms with van der Waals surface area (Å²) in [7, 11) is -3.71. The number of guanidine groups is 1. The van der Waals surface area contributed by atoms with Gasteiger partial charge in [-0.1, -0.05) is 36.4 Å². The van der Waals surface area contributed by atoms with Gasteiger partial charge in [0.25, 0.3) is 0 Å². The molecule has 0 radical (unpaired) electrons. The fourth-order valence-electron chi connectivity index (χ4n) is 6.03. The first-order chi connectivity index (χ1) is 18.3. The minimum Gasteiger partial charge on any atom is -0.382 e. The molecule has 0 aliphatic carbocycles. The Morgan fingerprint density at radius 2 is 1.79 bits per heavy atom. The van der Waals surface area contributed by atoms with E-state index in [0.717, 1.165) is 35.9 Å². The van der Waals surface area contributed by atoms with Crippen LogP contribution in [0.2, 0.25) is 0 Å². The summed E-state index contributed by atoms with van der Waals surface area (Å²) in [6, 6.07) is 13.7. The molecule has 0 amide bonds. The zero-order valence-corrected chi connectivity index (χ0v) is 21.6. The second-order valence-corrected chi connectivity index (χ2v) is 11.9. The van der Waals surface area contributed by atoms with Crippen molar-refractivity contribution in [1.82, 2.24) is 30.0 Å². The van der Waals surface area contributed by atoms with Crippen LogP contribution in [0.25, 0.3) is 28.0 Å². The van der Waals surface area contributed by atoms with Gasteiger partial charge in [-0.25, -0.2) is 18.9 Å². The number of hydroxylamine groups is 1. The maximum absolute atomic E-state index is 12.9. The van der Waals surface area contributed by atoms with E-state index in [4.69, 9.17) is 16.1 Å². The number of fused-ring (bicyclic) bond motifs is 3. The molecule has 2 saturated heterocycles. The highest BCUT2D eigenvalue weighted by molar-refractivity contribution is 7.91. The number of hydrogen-bond donors (Lipinski definition) is 4. The Hall–Kier alpha value is -4.03. The fourth-order valence-corrected chi connectivity index (χ4v) is 7.09. The lowest BCUT2D eigenvalue weighted by Crippen LogP contribution is -2.50. The average Bonchev–Trinajstić information content (AvgIpc) is 3.46. The molecule has 2 bridgehead atoms. The second kappa shape index (κ2) is 9.07. The van der Waals surface area contributed by atoms with Gasteiger partial charge in [-0.05, 0) is 31.7 Å². The van der Waals surface area contributed by atoms with Gasteiger partial charge in [0.15, 0.2) is 15.5 Å². The lowest BCUT2D eigenvalue weighted by Gasteiger charge is -2.39. The van der Waals surface area contributed by atoms with E-state index in [0.29, 0.717) is 29.7 Å². The zero-order valence-electron chi connectivity index (χ0n) is 20.7. The van der Waals surface area contributed by atoms with Crippen LogP contribution < -0.4 is 11.2 Å². The van der Waals surface area contributed by atoms with Gasteiger partial charge >= 0.3 is 0 Å². The summed E-state index contributed by atoms with van der Waals surface area (Å²) in [4.78, 5) is 11.4. The predicted octanol–water partition coefficient (Wildman–Crippen LogP) is 3.07. The van der Waals surface area contributed by atoms with E-state index in [1.165, 1.54) is 4.52 Å². The van der Waals surface area contributed by atoms with Crippen LogP contribution in [0.1, 0.15) is 37.3 Å². The summed E-state index contributed by atoms with van der Waals surface area (Å²) >= 11 is 0. The van der Waals surface area contributed by atoms with Gasteiger partial charge in [-0.15, -0.1) is 0 Å². The van der Waals surface area contributed by atoms with Crippen molar-refractivity contribution in [2.75, 3.05) is 12.0 Å². The Morgan fingerprint density at radius 1 is 1.08 bits per heavy atom. The van der Waals surface area contributed by atoms with Crippen LogP contribution in [0, 0.1) is 5.41 Å². The largest absolute Gasteiger partial charge is 0.382 e. The number of anilines is 1. The minimum atomic E-state index is -3.71. The molecule has 0 saturated carbocycles. The van der Waals surface area contributed by atoms with Crippen molar-refractivity contribution >= 4 is 27.3 Å². The van der Waals surface area contributed by atoms with Crippen LogP contribution in [0.15, 0.2) is 59.8 Å². The Morgan fingerprint density at radius 3 is 2.39 bits per heavy atom. The molecule has 12 heteroatoms. The molecule has 196 valence electrons. The molecule has 6 rings (SSSR count). The Bertz CT molecular complexity index is 1620. The standard InChI is InChI=1S/C26H28N8O3S/c1-38(36,37)23-22(17-11-18-8-9-19(12-17)33(18)26(28)32-35)31-25-20(14-30-34(25)24(23)27)16-7-10-21(29-13-16)15-5-3-2-4-6-15/h2-7,10,13-14,17-19,35H,8-9,11-12,27H2,1H3,(H2,28,32)/t17-,18+,19?/m1/s1. The highest BCUT2D eigenvalue weighted by atomic mass is 32.2. The number of nitrogen functional groups attached to an aromatic ring is 1. The first-order valence-corrected chi connectivity index (χ1v) is 14.3. The number of benzene rings is 1. The molecule has 3 aromatic heterocycles. The van der Waals surface area contributed by atoms with Crippen LogP contribution >= 0.6 is 0 Å². The minimum absolute atomic E-state index is 0.00308. The molecule has 2 aliphatic heterocycles. The van der Waals surface area contributed by atoms with Gasteiger partial charge in [0.2, 0.25) is 5.96 Å². The molecule has 5 N–H and O–H groups in total. The monoisotopic (exact) mass is 532 g/mol. The smallest absolute Gasteiger partial charge is 0.215 e. The van der Waals surface area contributed by atoms with E-state index < -0.39 is 9.84 Å². The predicted molar refractivity (Wildman–Crippen MR) is 142 cm³/mol. The second-order valence-electron chi connectivity index (χ2n) is 10.00. The molecule has 2 fully saturated rings. The summed E-state index contributed by atoms with van der Waals surface area (Å²) in [5, 5.41) is 21.8. The number of nitrogens with one attached hydrogen (secondary N) is 2. The number of hydrogen-bond acceptors (Lipinski definition) is 8. The third-order valence-corrected chi connectivity index (χ3v) is 8.82. The van der Waals surface area contributed by atoms with Gasteiger partial charge in [-0.3, -0.25) is 15.6 Å². The summed E-state index contributed by atoms with van der Waals surface area (Å²) in [5.41, 5.74) is 12.7. The van der Waals surface area contributed by atoms with Crippen LogP contribution in [0.4, 0.5) is 5.82 Å². The van der Waals surface area contributed by atoms with Gasteiger partial charge < -0.3 is 10.6 Å². The van der Waals surface area contributed by atoms with Crippen LogP contribution in [0.3, 0.4) is 0 Å². The van der Waals surface area contributed by atoms with E-state index >= 15 is 0 Å². The van der Waals surface area contributed by atoms with Crippen molar-refractivity contribution in [2.24, 2.45) is 0 Å². The van der Waals surface area contributed by atoms with Crippen molar-refractivity contribution in [3.8, 4) is 22.4 Å². The van der Waals surface area contributed by atoms with Crippen molar-refractivity contribution in [3.63, 3.8) is 0 Å². The number of nitrogens with zero attached hydrogens (tertiary/aromatic N) is 5. The number of rotatable bonds is 4. The van der Waals surface area contributed by atoms with Crippen molar-refractivity contribution in [3.05, 3.63) is 60.6 Å². The van der Waals surface area contributed by atoms with E-state index in [9.17, 15) is 13.6 Å². The van der Waals surface area contributed by atoms with Gasteiger partial charge in [0.1, 0.15) is 10.7 Å². The zero-order chi connectivity index (χ0) is 26.6. The maximum atomic E-state index is 12.9. The Labute approximate surface area is 219 Å². The third-order valence-electron chi connectivity index (χ3n) is 7.66. The number of pyridine rings is 1. The molecule has 4 aromatic rings. The summed E-state index contributed by atoms with van der Waals surface area (Å²) in [6.45, 7) is 0. The summed E-state index contributed by atoms with van der Waals surface area (Å²) in [5.74, 6) is -0.174. The van der Waals surface area contributed by atoms with Crippen molar-refractivity contribution in [1.29, 1.82) is 5.41 Å². The summed E-state index contributed by atoms with van der Waals surface area (Å²) in [6.07, 6.45) is 7.44. The molecular weight excluding hydrogens is 504 g/mol. The quantitative estimate of drug-likeness (QED) is 0.176. The van der Waals surface area contributed by atoms with Crippen LogP contribution in [-0.2, 0) is 9.84 Å². The molecule has 3 atom stereocenters. The molecule has 5 heterocycles. The highest BCUT2D eigenvalue weighted by Crippen LogP contribution is 2.45. The van der Waals surface area contributed by atoms with Crippen molar-refractivity contribution < 1.29 is 13.6 Å². The number of nitrogens with two attached hydrogens (primary N) is 1. The first kappa shape index (κ1) is 24.3. The Kier molecular flexibility index (Phi) is 5.80. The lowest BCUT2D eigenvalue weighted by atomic mass is 9.88. The molecule has 11 nitrogen and oxygen atoms in total. The molecule has 2 aliphatic rings. The van der Waals surface area contributed by atoms with Crippen LogP contribution in [0.5, 0.6) is 0 Å². The van der Waals surface area contributed by atoms with E-state index in [1.807, 2.05) is 52.8 Å².